The average molecular weight is 442 g/mol. The SMILES string of the molecule is COc1ccc(Cc2nc(C(=O)Nc3nc(C)c(C(=O)OC(C)C)s3)cc(=O)[nH]2)cc1. The van der Waals surface area contributed by atoms with Crippen molar-refractivity contribution in [2.75, 3.05) is 12.4 Å². The van der Waals surface area contributed by atoms with Gasteiger partial charge in [0, 0.05) is 12.5 Å². The molecule has 31 heavy (non-hydrogen) atoms. The van der Waals surface area contributed by atoms with E-state index in [1.165, 1.54) is 0 Å². The van der Waals surface area contributed by atoms with E-state index in [1.54, 1.807) is 40.0 Å². The Morgan fingerprint density at radius 2 is 1.90 bits per heavy atom. The van der Waals surface area contributed by atoms with Gasteiger partial charge in [-0.15, -0.1) is 0 Å². The van der Waals surface area contributed by atoms with Gasteiger partial charge < -0.3 is 14.5 Å². The highest BCUT2D eigenvalue weighted by atomic mass is 32.1. The second kappa shape index (κ2) is 9.52. The molecule has 0 unspecified atom stereocenters. The molecular formula is C21H22N4O5S. The Morgan fingerprint density at radius 1 is 1.19 bits per heavy atom. The second-order valence-corrected chi connectivity index (χ2v) is 7.94. The summed E-state index contributed by atoms with van der Waals surface area (Å²) in [5, 5.41) is 2.81. The molecule has 0 aliphatic rings. The fourth-order valence-electron chi connectivity index (χ4n) is 2.71. The van der Waals surface area contributed by atoms with Crippen molar-refractivity contribution in [2.24, 2.45) is 0 Å². The number of anilines is 1. The first-order chi connectivity index (χ1) is 14.7. The number of rotatable bonds is 7. The molecule has 2 heterocycles. The van der Waals surface area contributed by atoms with Gasteiger partial charge in [0.1, 0.15) is 22.1 Å². The number of thiazole rings is 1. The van der Waals surface area contributed by atoms with Gasteiger partial charge in [-0.1, -0.05) is 23.5 Å². The predicted octanol–water partition coefficient (Wildman–Crippen LogP) is 2.95. The lowest BCUT2D eigenvalue weighted by Crippen LogP contribution is -2.20. The van der Waals surface area contributed by atoms with E-state index in [1.807, 2.05) is 12.1 Å². The summed E-state index contributed by atoms with van der Waals surface area (Å²) in [6.07, 6.45) is 0.0680. The van der Waals surface area contributed by atoms with Gasteiger partial charge >= 0.3 is 5.97 Å². The molecule has 0 aliphatic carbocycles. The third-order valence-corrected chi connectivity index (χ3v) is 5.15. The number of hydrogen-bond donors (Lipinski definition) is 2. The quantitative estimate of drug-likeness (QED) is 0.539. The van der Waals surface area contributed by atoms with Crippen molar-refractivity contribution in [1.29, 1.82) is 0 Å². The van der Waals surface area contributed by atoms with Gasteiger partial charge in [0.15, 0.2) is 5.13 Å². The molecule has 3 rings (SSSR count). The monoisotopic (exact) mass is 442 g/mol. The van der Waals surface area contributed by atoms with Gasteiger partial charge in [0.25, 0.3) is 11.5 Å². The maximum absolute atomic E-state index is 12.6. The Balaban J connectivity index is 1.76. The summed E-state index contributed by atoms with van der Waals surface area (Å²) in [5.41, 5.74) is 0.849. The number of esters is 1. The van der Waals surface area contributed by atoms with Gasteiger partial charge in [-0.3, -0.25) is 14.9 Å². The fraction of sp³-hybridized carbons (Fsp3) is 0.286. The minimum absolute atomic E-state index is 0.0496. The zero-order chi connectivity index (χ0) is 22.5. The van der Waals surface area contributed by atoms with Crippen LogP contribution in [0.15, 0.2) is 35.1 Å². The van der Waals surface area contributed by atoms with Crippen molar-refractivity contribution >= 4 is 28.3 Å². The number of aromatic nitrogens is 3. The molecule has 0 fully saturated rings. The minimum Gasteiger partial charge on any atom is -0.497 e. The third-order valence-electron chi connectivity index (χ3n) is 4.10. The molecule has 0 saturated heterocycles. The lowest BCUT2D eigenvalue weighted by Gasteiger charge is -2.06. The largest absolute Gasteiger partial charge is 0.497 e. The smallest absolute Gasteiger partial charge is 0.350 e. The Morgan fingerprint density at radius 3 is 2.55 bits per heavy atom. The van der Waals surface area contributed by atoms with E-state index in [0.29, 0.717) is 28.6 Å². The van der Waals surface area contributed by atoms with Crippen molar-refractivity contribution in [1.82, 2.24) is 15.0 Å². The van der Waals surface area contributed by atoms with Crippen LogP contribution in [0.2, 0.25) is 0 Å². The number of benzene rings is 1. The van der Waals surface area contributed by atoms with Gasteiger partial charge in [0.05, 0.1) is 18.9 Å². The summed E-state index contributed by atoms with van der Waals surface area (Å²) in [7, 11) is 1.58. The third kappa shape index (κ3) is 5.76. The topological polar surface area (TPSA) is 123 Å². The number of hydrogen-bond acceptors (Lipinski definition) is 8. The van der Waals surface area contributed by atoms with Gasteiger partial charge in [-0.05, 0) is 38.5 Å². The van der Waals surface area contributed by atoms with E-state index in [9.17, 15) is 14.4 Å². The number of aromatic amines is 1. The molecule has 0 bridgehead atoms. The van der Waals surface area contributed by atoms with Gasteiger partial charge in [-0.2, -0.15) is 0 Å². The van der Waals surface area contributed by atoms with Crippen LogP contribution in [0.25, 0.3) is 0 Å². The van der Waals surface area contributed by atoms with Crippen LogP contribution in [0, 0.1) is 6.92 Å². The predicted molar refractivity (Wildman–Crippen MR) is 116 cm³/mol. The van der Waals surface area contributed by atoms with Crippen LogP contribution in [0.5, 0.6) is 5.75 Å². The van der Waals surface area contributed by atoms with E-state index in [2.05, 4.69) is 20.3 Å². The summed E-state index contributed by atoms with van der Waals surface area (Å²) in [6, 6.07) is 8.41. The summed E-state index contributed by atoms with van der Waals surface area (Å²) in [6.45, 7) is 5.15. The molecule has 1 amide bonds. The van der Waals surface area contributed by atoms with Crippen LogP contribution in [-0.2, 0) is 11.2 Å². The number of methoxy groups -OCH3 is 1. The molecule has 162 valence electrons. The van der Waals surface area contributed by atoms with Crippen molar-refractivity contribution < 1.29 is 19.1 Å². The van der Waals surface area contributed by atoms with Crippen LogP contribution in [0.1, 0.15) is 51.1 Å². The van der Waals surface area contributed by atoms with E-state index in [-0.39, 0.29) is 16.9 Å². The van der Waals surface area contributed by atoms with Crippen LogP contribution < -0.4 is 15.6 Å². The van der Waals surface area contributed by atoms with E-state index in [0.717, 1.165) is 23.0 Å². The standard InChI is InChI=1S/C21H22N4O5S/c1-11(2)30-20(28)18-12(3)22-21(31-18)25-19(27)15-10-17(26)24-16(23-15)9-13-5-7-14(29-4)8-6-13/h5-8,10-11H,9H2,1-4H3,(H,22,25,27)(H,23,24,26). The molecule has 0 atom stereocenters. The lowest BCUT2D eigenvalue weighted by atomic mass is 10.1. The molecule has 2 aromatic heterocycles. The highest BCUT2D eigenvalue weighted by Crippen LogP contribution is 2.24. The van der Waals surface area contributed by atoms with Crippen molar-refractivity contribution in [2.45, 2.75) is 33.3 Å². The van der Waals surface area contributed by atoms with Crippen molar-refractivity contribution in [3.63, 3.8) is 0 Å². The Labute approximate surface area is 182 Å². The first kappa shape index (κ1) is 22.2. The summed E-state index contributed by atoms with van der Waals surface area (Å²) in [4.78, 5) is 48.2. The average Bonchev–Trinajstić information content (AvgIpc) is 3.07. The first-order valence-electron chi connectivity index (χ1n) is 9.48. The maximum Gasteiger partial charge on any atom is 0.350 e. The van der Waals surface area contributed by atoms with E-state index >= 15 is 0 Å². The number of carbonyl (C=O) groups excluding carboxylic acids is 2. The maximum atomic E-state index is 12.6. The Bertz CT molecular complexity index is 1150. The molecule has 1 aromatic carbocycles. The van der Waals surface area contributed by atoms with Gasteiger partial charge in [0.2, 0.25) is 0 Å². The minimum atomic E-state index is -0.598. The molecular weight excluding hydrogens is 420 g/mol. The molecule has 0 saturated carbocycles. The van der Waals surface area contributed by atoms with Crippen LogP contribution in [0.4, 0.5) is 5.13 Å². The highest BCUT2D eigenvalue weighted by Gasteiger charge is 2.20. The lowest BCUT2D eigenvalue weighted by molar-refractivity contribution is 0.0382. The summed E-state index contributed by atoms with van der Waals surface area (Å²) in [5.74, 6) is -0.0331. The van der Waals surface area contributed by atoms with E-state index < -0.39 is 17.4 Å². The molecule has 0 spiro atoms. The molecule has 9 nitrogen and oxygen atoms in total. The normalized spacial score (nSPS) is 10.7. The Kier molecular flexibility index (Phi) is 6.81. The number of nitrogens with one attached hydrogen (secondary N) is 2. The number of carbonyl (C=O) groups is 2. The highest BCUT2D eigenvalue weighted by molar-refractivity contribution is 7.17. The first-order valence-corrected chi connectivity index (χ1v) is 10.3. The van der Waals surface area contributed by atoms with Crippen LogP contribution in [-0.4, -0.2) is 40.0 Å². The molecule has 2 N–H and O–H groups in total. The number of ether oxygens (including phenoxy) is 2. The van der Waals surface area contributed by atoms with Crippen LogP contribution >= 0.6 is 11.3 Å². The fourth-order valence-corrected chi connectivity index (χ4v) is 3.56. The van der Waals surface area contributed by atoms with Crippen molar-refractivity contribution in [3.05, 3.63) is 68.3 Å². The van der Waals surface area contributed by atoms with Crippen LogP contribution in [0.3, 0.4) is 0 Å². The molecule has 3 aromatic rings. The summed E-state index contributed by atoms with van der Waals surface area (Å²) >= 11 is 1.00. The Hall–Kier alpha value is -3.53. The molecule has 0 aliphatic heterocycles. The number of amides is 1. The summed E-state index contributed by atoms with van der Waals surface area (Å²) < 4.78 is 10.3. The molecule has 0 radical (unpaired) electrons. The van der Waals surface area contributed by atoms with E-state index in [4.69, 9.17) is 9.47 Å². The van der Waals surface area contributed by atoms with Gasteiger partial charge in [-0.25, -0.2) is 14.8 Å². The number of aryl methyl sites for hydroxylation is 1. The second-order valence-electron chi connectivity index (χ2n) is 6.94. The number of H-pyrrole nitrogens is 1. The zero-order valence-electron chi connectivity index (χ0n) is 17.5. The van der Waals surface area contributed by atoms with Crippen molar-refractivity contribution in [3.8, 4) is 5.75 Å². The number of nitrogens with zero attached hydrogens (tertiary/aromatic N) is 2. The zero-order valence-corrected chi connectivity index (χ0v) is 18.3. The molecule has 10 heteroatoms.